The maximum Gasteiger partial charge on any atom is 0.155 e. The first-order valence-electron chi connectivity index (χ1n) is 21.1. The minimum Gasteiger partial charge on any atom is -0.242 e. The number of rotatable bonds is 7. The van der Waals surface area contributed by atoms with Gasteiger partial charge in [0.2, 0.25) is 0 Å². The highest BCUT2D eigenvalue weighted by molar-refractivity contribution is 7.94. The molecule has 6 aliphatic rings. The number of hydrogen-bond acceptors (Lipinski definition) is 9. The molecule has 18 heteroatoms. The minimum absolute atomic E-state index is 0.204. The van der Waals surface area contributed by atoms with Crippen molar-refractivity contribution in [3.63, 3.8) is 0 Å². The third-order valence-corrected chi connectivity index (χ3v) is 23.1. The summed E-state index contributed by atoms with van der Waals surface area (Å²) in [7, 11) is -11.9. The summed E-state index contributed by atoms with van der Waals surface area (Å²) in [4.78, 5) is 0. The summed E-state index contributed by atoms with van der Waals surface area (Å²) in [6, 6.07) is 0. The van der Waals surface area contributed by atoms with E-state index in [9.17, 15) is 37.9 Å². The lowest BCUT2D eigenvalue weighted by molar-refractivity contribution is 0.244. The summed E-state index contributed by atoms with van der Waals surface area (Å²) >= 11 is 0. The van der Waals surface area contributed by atoms with Gasteiger partial charge in [-0.2, -0.15) is 4.40 Å². The van der Waals surface area contributed by atoms with E-state index in [1.807, 2.05) is 62.3 Å². The van der Waals surface area contributed by atoms with Crippen LogP contribution in [-0.2, 0) is 62.5 Å². The quantitative estimate of drug-likeness (QED) is 0.287. The van der Waals surface area contributed by atoms with Crippen LogP contribution in [0.2, 0.25) is 0 Å². The first kappa shape index (κ1) is 51.2. The molecule has 3 saturated heterocycles. The molecule has 0 radical (unpaired) electrons. The van der Waals surface area contributed by atoms with E-state index in [1.165, 1.54) is 25.0 Å². The van der Waals surface area contributed by atoms with Crippen LogP contribution >= 0.6 is 0 Å². The SMILES string of the molecule is CC(C)(C)[S@](=O)N=C1CCCCC1.CC(C)(C)[S@](=O)NC1([C@@H]2CCS2(=O)=O)CCCCC1.CC(C)(C)[S@](=O)NC1([C@H]2CCS2(=O)=O)CCCCC1.O=S1(=O)CCC1. The van der Waals surface area contributed by atoms with E-state index in [1.54, 1.807) is 0 Å². The van der Waals surface area contributed by atoms with Crippen molar-refractivity contribution >= 4 is 68.2 Å². The lowest BCUT2D eigenvalue weighted by Crippen LogP contribution is -2.64. The zero-order valence-corrected chi connectivity index (χ0v) is 41.2. The van der Waals surface area contributed by atoms with Crippen LogP contribution in [0.3, 0.4) is 0 Å². The van der Waals surface area contributed by atoms with Gasteiger partial charge in [0.1, 0.15) is 20.8 Å². The molecule has 0 unspecified atom stereocenters. The lowest BCUT2D eigenvalue weighted by Gasteiger charge is -2.47. The summed E-state index contributed by atoms with van der Waals surface area (Å²) in [5.41, 5.74) is 0.264. The third-order valence-electron chi connectivity index (χ3n) is 11.7. The van der Waals surface area contributed by atoms with Crippen molar-refractivity contribution in [2.75, 3.05) is 23.0 Å². The zero-order chi connectivity index (χ0) is 43.1. The topological polar surface area (TPSA) is 190 Å². The first-order valence-corrected chi connectivity index (χ1v) is 29.7. The van der Waals surface area contributed by atoms with Crippen LogP contribution in [-0.4, -0.2) is 102 Å². The fourth-order valence-corrected chi connectivity index (χ4v) is 15.1. The molecule has 336 valence electrons. The second kappa shape index (κ2) is 20.4. The van der Waals surface area contributed by atoms with Gasteiger partial charge < -0.3 is 0 Å². The van der Waals surface area contributed by atoms with Crippen molar-refractivity contribution in [2.24, 2.45) is 4.40 Å². The smallest absolute Gasteiger partial charge is 0.155 e. The van der Waals surface area contributed by atoms with Gasteiger partial charge in [0, 0.05) is 16.8 Å². The molecule has 12 nitrogen and oxygen atoms in total. The highest BCUT2D eigenvalue weighted by Crippen LogP contribution is 2.42. The summed E-state index contributed by atoms with van der Waals surface area (Å²) in [6.45, 7) is 17.4. The van der Waals surface area contributed by atoms with Crippen LogP contribution < -0.4 is 9.44 Å². The predicted molar refractivity (Wildman–Crippen MR) is 240 cm³/mol. The van der Waals surface area contributed by atoms with Crippen molar-refractivity contribution in [3.8, 4) is 0 Å². The van der Waals surface area contributed by atoms with Gasteiger partial charge in [0.25, 0.3) is 0 Å². The van der Waals surface area contributed by atoms with Gasteiger partial charge in [0.15, 0.2) is 19.7 Å². The summed E-state index contributed by atoms with van der Waals surface area (Å²) in [5, 5.41) is -0.654. The Morgan fingerprint density at radius 3 is 1.07 bits per heavy atom. The molecule has 3 saturated carbocycles. The Bertz CT molecular complexity index is 1670. The molecule has 57 heavy (non-hydrogen) atoms. The van der Waals surface area contributed by atoms with Crippen LogP contribution in [0, 0.1) is 0 Å². The molecule has 3 aliphatic heterocycles. The molecule has 5 atom stereocenters. The molecule has 0 aromatic heterocycles. The summed E-state index contributed by atoms with van der Waals surface area (Å²) < 4.78 is 114. The molecule has 0 aromatic carbocycles. The molecule has 0 amide bonds. The fourth-order valence-electron chi connectivity index (χ4n) is 7.80. The molecule has 3 aliphatic carbocycles. The van der Waals surface area contributed by atoms with Crippen LogP contribution in [0.15, 0.2) is 4.40 Å². The number of sulfone groups is 3. The van der Waals surface area contributed by atoms with Crippen molar-refractivity contribution in [2.45, 2.75) is 214 Å². The molecule has 0 bridgehead atoms. The monoisotopic (exact) mass is 921 g/mol. The van der Waals surface area contributed by atoms with Gasteiger partial charge in [-0.05, 0) is 133 Å². The molecule has 6 fully saturated rings. The maximum atomic E-state index is 12.4. The number of hydrogen-bond donors (Lipinski definition) is 2. The van der Waals surface area contributed by atoms with Crippen molar-refractivity contribution in [1.82, 2.24) is 9.44 Å². The standard InChI is InChI=1S/2C13H25NO3S2.C10H19NOS.C3H6O2S/c2*1-12(2,3)18(15)14-13(8-5-4-6-9-13)11-7-10-19(11,16)17;1-10(2,3)13(12)11-9-7-5-4-6-8-9;4-6(5)2-1-3-6/h2*11,14H,4-10H2,1-3H3;4-8H2,1-3H3;1-3H2/t11-,18+;11-,18-;13-;/m100./s1. The lowest BCUT2D eigenvalue weighted by atomic mass is 9.79. The van der Waals surface area contributed by atoms with E-state index in [2.05, 4.69) is 13.8 Å². The van der Waals surface area contributed by atoms with Gasteiger partial charge in [0.05, 0.1) is 69.7 Å². The Morgan fingerprint density at radius 1 is 0.509 bits per heavy atom. The van der Waals surface area contributed by atoms with E-state index < -0.39 is 73.5 Å². The second-order valence-corrected chi connectivity index (χ2v) is 32.5. The Kier molecular flexibility index (Phi) is 18.3. The molecule has 0 aromatic rings. The first-order chi connectivity index (χ1) is 26.1. The van der Waals surface area contributed by atoms with Crippen LogP contribution in [0.1, 0.15) is 178 Å². The van der Waals surface area contributed by atoms with Crippen LogP contribution in [0.5, 0.6) is 0 Å². The van der Waals surface area contributed by atoms with Crippen LogP contribution in [0.25, 0.3) is 0 Å². The Labute approximate surface area is 354 Å². The zero-order valence-electron chi connectivity index (χ0n) is 36.3. The summed E-state index contributed by atoms with van der Waals surface area (Å²) in [5.74, 6) is 1.44. The van der Waals surface area contributed by atoms with E-state index >= 15 is 0 Å². The molecular weight excluding hydrogens is 847 g/mol. The molecule has 3 heterocycles. The maximum absolute atomic E-state index is 12.4. The molecule has 0 spiro atoms. The van der Waals surface area contributed by atoms with Crippen molar-refractivity contribution in [3.05, 3.63) is 0 Å². The van der Waals surface area contributed by atoms with Gasteiger partial charge >= 0.3 is 0 Å². The van der Waals surface area contributed by atoms with Gasteiger partial charge in [-0.15, -0.1) is 0 Å². The van der Waals surface area contributed by atoms with Crippen molar-refractivity contribution < 1.29 is 37.9 Å². The average Bonchev–Trinajstić information content (AvgIpc) is 3.07. The number of nitrogens with one attached hydrogen (secondary N) is 2. The number of nitrogens with zero attached hydrogens (tertiary/aromatic N) is 1. The molecule has 2 N–H and O–H groups in total. The third kappa shape index (κ3) is 15.0. The Morgan fingerprint density at radius 2 is 0.842 bits per heavy atom. The highest BCUT2D eigenvalue weighted by atomic mass is 32.2. The molecule has 6 rings (SSSR count). The largest absolute Gasteiger partial charge is 0.242 e. The van der Waals surface area contributed by atoms with E-state index in [-0.39, 0.29) is 24.7 Å². The highest BCUT2D eigenvalue weighted by Gasteiger charge is 2.54. The normalized spacial score (nSPS) is 28.8. The molecular formula is C39H75N3O9S6. The van der Waals surface area contributed by atoms with E-state index in [0.29, 0.717) is 23.0 Å². The summed E-state index contributed by atoms with van der Waals surface area (Å²) in [6.07, 6.45) is 17.9. The van der Waals surface area contributed by atoms with Gasteiger partial charge in [-0.25, -0.2) is 47.3 Å². The predicted octanol–water partition coefficient (Wildman–Crippen LogP) is 6.52. The minimum atomic E-state index is -2.97. The Hall–Kier alpha value is -0.110. The van der Waals surface area contributed by atoms with Gasteiger partial charge in [-0.3, -0.25) is 0 Å². The van der Waals surface area contributed by atoms with E-state index in [0.717, 1.165) is 96.3 Å². The Balaban J connectivity index is 0.000000216. The fraction of sp³-hybridized carbons (Fsp3) is 0.974. The van der Waals surface area contributed by atoms with Crippen molar-refractivity contribution in [1.29, 1.82) is 0 Å². The van der Waals surface area contributed by atoms with Gasteiger partial charge in [-0.1, -0.05) is 44.9 Å². The average molecular weight is 922 g/mol. The van der Waals surface area contributed by atoms with Crippen LogP contribution in [0.4, 0.5) is 0 Å². The van der Waals surface area contributed by atoms with E-state index in [4.69, 9.17) is 0 Å². The second-order valence-electron chi connectivity index (χ2n) is 19.8.